The second-order valence-electron chi connectivity index (χ2n) is 14.4. The molecule has 0 spiro atoms. The molecule has 12 nitrogen and oxygen atoms in total. The van der Waals surface area contributed by atoms with Crippen LogP contribution in [-0.2, 0) is 32.1 Å². The fraction of sp³-hybridized carbons (Fsp3) is 0.525. The molecular formula is C40H57N5O7. The van der Waals surface area contributed by atoms with Gasteiger partial charge in [-0.2, -0.15) is 0 Å². The van der Waals surface area contributed by atoms with E-state index in [9.17, 15) is 29.4 Å². The Labute approximate surface area is 307 Å². The van der Waals surface area contributed by atoms with Gasteiger partial charge in [-0.05, 0) is 53.9 Å². The lowest BCUT2D eigenvalue weighted by atomic mass is 9.95. The molecule has 6 N–H and O–H groups in total. The average Bonchev–Trinajstić information content (AvgIpc) is 3.11. The summed E-state index contributed by atoms with van der Waals surface area (Å²) in [6.45, 7) is 11.4. The normalized spacial score (nSPS) is 14.9. The number of rotatable bonds is 20. The summed E-state index contributed by atoms with van der Waals surface area (Å²) in [7, 11) is 0. The van der Waals surface area contributed by atoms with Crippen molar-refractivity contribution >= 4 is 34.7 Å². The van der Waals surface area contributed by atoms with Crippen LogP contribution in [0.15, 0.2) is 66.9 Å². The van der Waals surface area contributed by atoms with Crippen LogP contribution in [0.5, 0.6) is 0 Å². The lowest BCUT2D eigenvalue weighted by Gasteiger charge is -2.30. The van der Waals surface area contributed by atoms with Gasteiger partial charge in [0.2, 0.25) is 17.7 Å². The summed E-state index contributed by atoms with van der Waals surface area (Å²) in [5.74, 6) is -1.43. The van der Waals surface area contributed by atoms with Gasteiger partial charge in [-0.1, -0.05) is 96.5 Å². The number of amides is 4. The third kappa shape index (κ3) is 13.5. The molecule has 12 heteroatoms. The molecule has 0 saturated heterocycles. The maximum absolute atomic E-state index is 14.0. The van der Waals surface area contributed by atoms with Crippen LogP contribution in [0.2, 0.25) is 0 Å². The first kappa shape index (κ1) is 41.9. The second kappa shape index (κ2) is 21.1. The van der Waals surface area contributed by atoms with Gasteiger partial charge < -0.3 is 36.2 Å². The first-order valence-electron chi connectivity index (χ1n) is 18.3. The van der Waals surface area contributed by atoms with Crippen molar-refractivity contribution in [3.05, 3.63) is 78.0 Å². The molecule has 284 valence electrons. The molecule has 0 aliphatic heterocycles. The van der Waals surface area contributed by atoms with Gasteiger partial charge in [-0.15, -0.1) is 0 Å². The highest BCUT2D eigenvalue weighted by Gasteiger charge is 2.32. The number of alkyl carbamates (subject to hydrolysis) is 1. The smallest absolute Gasteiger partial charge is 0.408 e. The summed E-state index contributed by atoms with van der Waals surface area (Å²) in [5, 5.41) is 33.0. The van der Waals surface area contributed by atoms with Crippen molar-refractivity contribution < 1.29 is 34.1 Å². The second-order valence-corrected chi connectivity index (χ2v) is 14.4. The van der Waals surface area contributed by atoms with Crippen molar-refractivity contribution in [2.75, 3.05) is 6.61 Å². The van der Waals surface area contributed by atoms with Gasteiger partial charge >= 0.3 is 6.09 Å². The van der Waals surface area contributed by atoms with Crippen LogP contribution < -0.4 is 21.3 Å². The summed E-state index contributed by atoms with van der Waals surface area (Å²) in [6.07, 6.45) is 0.910. The van der Waals surface area contributed by atoms with Crippen LogP contribution in [-0.4, -0.2) is 75.9 Å². The molecule has 6 atom stereocenters. The van der Waals surface area contributed by atoms with Crippen molar-refractivity contribution in [2.45, 2.75) is 111 Å². The SMILES string of the molecule is CCC(C)[C@@H](CO)NC(=O)CC(O)C(CC(C)C)NC(=O)[C@H](CC(C)C)NC(=O)[C@H](Cc1cccc2ncccc12)NC(=O)OCc1ccccc1. The number of aliphatic hydroxyl groups is 2. The number of benzene rings is 2. The number of aromatic nitrogens is 1. The van der Waals surface area contributed by atoms with Gasteiger partial charge in [0.25, 0.3) is 0 Å². The minimum atomic E-state index is -1.22. The molecule has 52 heavy (non-hydrogen) atoms. The Hall–Kier alpha value is -4.55. The first-order valence-corrected chi connectivity index (χ1v) is 18.3. The van der Waals surface area contributed by atoms with Crippen molar-refractivity contribution in [1.82, 2.24) is 26.3 Å². The zero-order valence-electron chi connectivity index (χ0n) is 31.3. The number of carbonyl (C=O) groups excluding carboxylic acids is 4. The zero-order chi connectivity index (χ0) is 38.2. The van der Waals surface area contributed by atoms with Crippen molar-refractivity contribution in [1.29, 1.82) is 0 Å². The Bertz CT molecular complexity index is 1580. The van der Waals surface area contributed by atoms with Gasteiger partial charge in [0.15, 0.2) is 0 Å². The highest BCUT2D eigenvalue weighted by molar-refractivity contribution is 5.92. The van der Waals surface area contributed by atoms with Crippen molar-refractivity contribution in [3.8, 4) is 0 Å². The van der Waals surface area contributed by atoms with Crippen LogP contribution in [0.4, 0.5) is 4.79 Å². The molecule has 0 saturated carbocycles. The molecular weight excluding hydrogens is 662 g/mol. The summed E-state index contributed by atoms with van der Waals surface area (Å²) in [4.78, 5) is 58.3. The highest BCUT2D eigenvalue weighted by Crippen LogP contribution is 2.19. The molecule has 0 fully saturated rings. The highest BCUT2D eigenvalue weighted by atomic mass is 16.5. The molecule has 4 amide bonds. The molecule has 3 aromatic rings. The Morgan fingerprint density at radius 1 is 0.769 bits per heavy atom. The van der Waals surface area contributed by atoms with E-state index in [1.807, 2.05) is 96.1 Å². The van der Waals surface area contributed by atoms with Gasteiger partial charge in [0, 0.05) is 18.0 Å². The van der Waals surface area contributed by atoms with Crippen LogP contribution in [0.3, 0.4) is 0 Å². The largest absolute Gasteiger partial charge is 0.445 e. The maximum atomic E-state index is 14.0. The first-order chi connectivity index (χ1) is 24.8. The average molecular weight is 720 g/mol. The minimum Gasteiger partial charge on any atom is -0.445 e. The molecule has 0 radical (unpaired) electrons. The van der Waals surface area contributed by atoms with E-state index in [2.05, 4.69) is 26.3 Å². The number of ether oxygens (including phenoxy) is 1. The number of aliphatic hydroxyl groups excluding tert-OH is 2. The van der Waals surface area contributed by atoms with Crippen LogP contribution >= 0.6 is 0 Å². The standard InChI is InChI=1S/C40H57N5O7/c1-7-27(6)35(23-46)42-37(48)22-36(47)32(19-25(2)3)43-38(49)33(20-26(4)5)44-39(50)34(45-40(51)52-24-28-13-9-8-10-14-28)21-29-15-11-17-31-30(29)16-12-18-41-31/h8-18,25-27,32-36,46-47H,7,19-24H2,1-6H3,(H,42,48)(H,43,49)(H,44,50)(H,45,51)/t27?,32?,33-,34-,35+,36?/m0/s1. The molecule has 1 aromatic heterocycles. The van der Waals surface area contributed by atoms with Gasteiger partial charge in [-0.25, -0.2) is 4.79 Å². The van der Waals surface area contributed by atoms with E-state index >= 15 is 0 Å². The minimum absolute atomic E-state index is 0.00217. The van der Waals surface area contributed by atoms with E-state index in [1.165, 1.54) is 0 Å². The molecule has 2 aromatic carbocycles. The molecule has 3 unspecified atom stereocenters. The number of carbonyl (C=O) groups is 4. The number of nitrogens with zero attached hydrogens (tertiary/aromatic N) is 1. The molecule has 0 aliphatic carbocycles. The number of hydrogen-bond acceptors (Lipinski definition) is 8. The van der Waals surface area contributed by atoms with E-state index in [0.717, 1.165) is 28.5 Å². The summed E-state index contributed by atoms with van der Waals surface area (Å²) < 4.78 is 5.45. The fourth-order valence-electron chi connectivity index (χ4n) is 6.01. The zero-order valence-corrected chi connectivity index (χ0v) is 31.3. The Kier molecular flexibility index (Phi) is 17.0. The van der Waals surface area contributed by atoms with Crippen LogP contribution in [0, 0.1) is 17.8 Å². The Morgan fingerprint density at radius 3 is 2.12 bits per heavy atom. The summed E-state index contributed by atoms with van der Waals surface area (Å²) in [6, 6.07) is 15.1. The Morgan fingerprint density at radius 2 is 1.46 bits per heavy atom. The van der Waals surface area contributed by atoms with E-state index in [4.69, 9.17) is 4.74 Å². The van der Waals surface area contributed by atoms with Crippen LogP contribution in [0.25, 0.3) is 10.9 Å². The lowest BCUT2D eigenvalue weighted by molar-refractivity contribution is -0.132. The predicted molar refractivity (Wildman–Crippen MR) is 201 cm³/mol. The summed E-state index contributed by atoms with van der Waals surface area (Å²) >= 11 is 0. The summed E-state index contributed by atoms with van der Waals surface area (Å²) in [5.41, 5.74) is 2.29. The van der Waals surface area contributed by atoms with E-state index in [1.54, 1.807) is 12.3 Å². The number of pyridine rings is 1. The molecule has 1 heterocycles. The third-order valence-electron chi connectivity index (χ3n) is 9.11. The van der Waals surface area contributed by atoms with E-state index in [-0.39, 0.29) is 50.2 Å². The van der Waals surface area contributed by atoms with Crippen molar-refractivity contribution in [2.24, 2.45) is 17.8 Å². The van der Waals surface area contributed by atoms with Gasteiger partial charge in [0.05, 0.1) is 36.7 Å². The van der Waals surface area contributed by atoms with Crippen molar-refractivity contribution in [3.63, 3.8) is 0 Å². The lowest BCUT2D eigenvalue weighted by Crippen LogP contribution is -2.57. The number of hydrogen-bond donors (Lipinski definition) is 6. The predicted octanol–water partition coefficient (Wildman–Crippen LogP) is 4.41. The quantitative estimate of drug-likeness (QED) is 0.0995. The van der Waals surface area contributed by atoms with Gasteiger partial charge in [0.1, 0.15) is 18.7 Å². The van der Waals surface area contributed by atoms with E-state index in [0.29, 0.717) is 6.42 Å². The van der Waals surface area contributed by atoms with Gasteiger partial charge in [-0.3, -0.25) is 19.4 Å². The monoisotopic (exact) mass is 719 g/mol. The Balaban J connectivity index is 1.81. The number of nitrogens with one attached hydrogen (secondary N) is 4. The molecule has 0 bridgehead atoms. The molecule has 0 aliphatic rings. The fourth-order valence-corrected chi connectivity index (χ4v) is 6.01. The third-order valence-corrected chi connectivity index (χ3v) is 9.11. The number of fused-ring (bicyclic) bond motifs is 1. The van der Waals surface area contributed by atoms with E-state index < -0.39 is 54.1 Å². The maximum Gasteiger partial charge on any atom is 0.408 e. The topological polar surface area (TPSA) is 179 Å². The molecule has 3 rings (SSSR count). The van der Waals surface area contributed by atoms with Crippen LogP contribution in [0.1, 0.15) is 78.4 Å².